The van der Waals surface area contributed by atoms with E-state index in [2.05, 4.69) is 48.0 Å². The van der Waals surface area contributed by atoms with Crippen LogP contribution in [0, 0.1) is 13.8 Å². The summed E-state index contributed by atoms with van der Waals surface area (Å²) >= 11 is 1.71. The van der Waals surface area contributed by atoms with E-state index in [1.165, 1.54) is 16.0 Å². The number of rotatable bonds is 5. The fourth-order valence-corrected chi connectivity index (χ4v) is 4.00. The first-order chi connectivity index (χ1) is 11.2. The molecule has 0 unspecified atom stereocenters. The van der Waals surface area contributed by atoms with Gasteiger partial charge in [-0.3, -0.25) is 0 Å². The zero-order valence-corrected chi connectivity index (χ0v) is 14.5. The summed E-state index contributed by atoms with van der Waals surface area (Å²) in [4.78, 5) is 13.7. The van der Waals surface area contributed by atoms with Gasteiger partial charge in [0.25, 0.3) is 0 Å². The molecule has 0 aliphatic carbocycles. The molecule has 1 N–H and O–H groups in total. The standard InChI is InChI=1S/C18H21N3OS/c1-4-21(10-11-22)17-16-15(14-8-6-5-7-9-14)12(2)23-18(16)20-13(3)19-17/h5-9,22H,4,10-11H2,1-3H3. The normalized spacial score (nSPS) is 11.1. The molecule has 0 radical (unpaired) electrons. The predicted octanol–water partition coefficient (Wildman–Crippen LogP) is 3.79. The lowest BCUT2D eigenvalue weighted by Gasteiger charge is -2.22. The molecule has 0 atom stereocenters. The Labute approximate surface area is 140 Å². The van der Waals surface area contributed by atoms with Gasteiger partial charge in [0.1, 0.15) is 16.5 Å². The number of likely N-dealkylation sites (N-methyl/N-ethyl adjacent to an activating group) is 1. The van der Waals surface area contributed by atoms with Crippen LogP contribution in [-0.4, -0.2) is 34.8 Å². The molecule has 3 aromatic rings. The van der Waals surface area contributed by atoms with Crippen molar-refractivity contribution in [1.82, 2.24) is 9.97 Å². The number of nitrogens with zero attached hydrogens (tertiary/aromatic N) is 3. The molecule has 0 bridgehead atoms. The highest BCUT2D eigenvalue weighted by molar-refractivity contribution is 7.19. The molecule has 3 rings (SSSR count). The monoisotopic (exact) mass is 327 g/mol. The number of benzene rings is 1. The second-order valence-corrected chi connectivity index (χ2v) is 6.68. The van der Waals surface area contributed by atoms with Crippen molar-refractivity contribution in [3.8, 4) is 11.1 Å². The molecule has 0 spiro atoms. The third-order valence-corrected chi connectivity index (χ3v) is 4.93. The zero-order valence-electron chi connectivity index (χ0n) is 13.7. The van der Waals surface area contributed by atoms with Crippen molar-refractivity contribution in [2.75, 3.05) is 24.6 Å². The summed E-state index contributed by atoms with van der Waals surface area (Å²) in [7, 11) is 0. The van der Waals surface area contributed by atoms with Gasteiger partial charge in [0.2, 0.25) is 0 Å². The van der Waals surface area contributed by atoms with Crippen molar-refractivity contribution in [3.05, 3.63) is 41.0 Å². The van der Waals surface area contributed by atoms with Gasteiger partial charge >= 0.3 is 0 Å². The van der Waals surface area contributed by atoms with Crippen LogP contribution in [0.15, 0.2) is 30.3 Å². The summed E-state index contributed by atoms with van der Waals surface area (Å²) in [5, 5.41) is 10.5. The lowest BCUT2D eigenvalue weighted by atomic mass is 10.0. The van der Waals surface area contributed by atoms with Crippen molar-refractivity contribution in [1.29, 1.82) is 0 Å². The molecule has 0 aliphatic rings. The molecular weight excluding hydrogens is 306 g/mol. The molecule has 4 nitrogen and oxygen atoms in total. The van der Waals surface area contributed by atoms with E-state index in [1.807, 2.05) is 13.0 Å². The second kappa shape index (κ2) is 6.64. The molecule has 0 saturated heterocycles. The summed E-state index contributed by atoms with van der Waals surface area (Å²) in [6, 6.07) is 10.4. The Morgan fingerprint density at radius 1 is 1.13 bits per heavy atom. The molecule has 0 aliphatic heterocycles. The van der Waals surface area contributed by atoms with Crippen LogP contribution in [0.25, 0.3) is 21.3 Å². The maximum atomic E-state index is 9.38. The van der Waals surface area contributed by atoms with Crippen LogP contribution in [0.4, 0.5) is 5.82 Å². The molecule has 23 heavy (non-hydrogen) atoms. The molecule has 1 aromatic carbocycles. The largest absolute Gasteiger partial charge is 0.395 e. The predicted molar refractivity (Wildman–Crippen MR) is 97.3 cm³/mol. The molecule has 0 saturated carbocycles. The van der Waals surface area contributed by atoms with Crippen LogP contribution in [0.3, 0.4) is 0 Å². The Kier molecular flexibility index (Phi) is 4.59. The minimum atomic E-state index is 0.113. The highest BCUT2D eigenvalue weighted by Crippen LogP contribution is 2.41. The van der Waals surface area contributed by atoms with Crippen LogP contribution in [0.5, 0.6) is 0 Å². The average molecular weight is 327 g/mol. The van der Waals surface area contributed by atoms with E-state index >= 15 is 0 Å². The van der Waals surface area contributed by atoms with E-state index in [9.17, 15) is 5.11 Å². The number of aliphatic hydroxyl groups excluding tert-OH is 1. The number of anilines is 1. The number of fused-ring (bicyclic) bond motifs is 1. The molecule has 2 heterocycles. The third kappa shape index (κ3) is 2.94. The Hall–Kier alpha value is -1.98. The number of hydrogen-bond acceptors (Lipinski definition) is 5. The number of thiophene rings is 1. The Morgan fingerprint density at radius 3 is 2.52 bits per heavy atom. The SMILES string of the molecule is CCN(CCO)c1nc(C)nc2sc(C)c(-c3ccccc3)c12. The van der Waals surface area contributed by atoms with Crippen LogP contribution in [0.2, 0.25) is 0 Å². The van der Waals surface area contributed by atoms with Gasteiger partial charge in [-0.1, -0.05) is 30.3 Å². The summed E-state index contributed by atoms with van der Waals surface area (Å²) in [6.07, 6.45) is 0. The van der Waals surface area contributed by atoms with Crippen molar-refractivity contribution in [3.63, 3.8) is 0 Å². The topological polar surface area (TPSA) is 49.2 Å². The van der Waals surface area contributed by atoms with Gasteiger partial charge in [-0.25, -0.2) is 9.97 Å². The van der Waals surface area contributed by atoms with Crippen LogP contribution in [-0.2, 0) is 0 Å². The highest BCUT2D eigenvalue weighted by Gasteiger charge is 2.20. The van der Waals surface area contributed by atoms with E-state index < -0.39 is 0 Å². The molecule has 2 aromatic heterocycles. The van der Waals surface area contributed by atoms with Crippen molar-refractivity contribution in [2.45, 2.75) is 20.8 Å². The molecule has 0 amide bonds. The summed E-state index contributed by atoms with van der Waals surface area (Å²) < 4.78 is 0. The highest BCUT2D eigenvalue weighted by atomic mass is 32.1. The second-order valence-electron chi connectivity index (χ2n) is 5.48. The van der Waals surface area contributed by atoms with E-state index in [4.69, 9.17) is 4.98 Å². The first-order valence-corrected chi connectivity index (χ1v) is 8.66. The fraction of sp³-hybridized carbons (Fsp3) is 0.333. The summed E-state index contributed by atoms with van der Waals surface area (Å²) in [5.41, 5.74) is 2.39. The van der Waals surface area contributed by atoms with E-state index in [0.29, 0.717) is 6.54 Å². The van der Waals surface area contributed by atoms with E-state index in [0.717, 1.165) is 28.4 Å². The quantitative estimate of drug-likeness (QED) is 0.774. The fourth-order valence-electron chi connectivity index (χ4n) is 2.91. The van der Waals surface area contributed by atoms with Gasteiger partial charge in [-0.05, 0) is 26.3 Å². The number of aryl methyl sites for hydroxylation is 2. The lowest BCUT2D eigenvalue weighted by molar-refractivity contribution is 0.302. The first-order valence-electron chi connectivity index (χ1n) is 7.84. The molecule has 0 fully saturated rings. The van der Waals surface area contributed by atoms with Gasteiger partial charge in [0, 0.05) is 23.5 Å². The van der Waals surface area contributed by atoms with Crippen LogP contribution < -0.4 is 4.90 Å². The maximum absolute atomic E-state index is 9.38. The first kappa shape index (κ1) is 15.9. The Bertz CT molecular complexity index is 814. The number of aliphatic hydroxyl groups is 1. The van der Waals surface area contributed by atoms with Gasteiger partial charge < -0.3 is 10.0 Å². The lowest BCUT2D eigenvalue weighted by Crippen LogP contribution is -2.27. The number of hydrogen-bond donors (Lipinski definition) is 1. The molecule has 5 heteroatoms. The Balaban J connectivity index is 2.31. The van der Waals surface area contributed by atoms with E-state index in [-0.39, 0.29) is 6.61 Å². The average Bonchev–Trinajstić information content (AvgIpc) is 2.88. The van der Waals surface area contributed by atoms with Gasteiger partial charge in [0.15, 0.2) is 0 Å². The van der Waals surface area contributed by atoms with Gasteiger partial charge in [-0.2, -0.15) is 0 Å². The zero-order chi connectivity index (χ0) is 16.4. The van der Waals surface area contributed by atoms with Crippen molar-refractivity contribution in [2.24, 2.45) is 0 Å². The van der Waals surface area contributed by atoms with Crippen LogP contribution >= 0.6 is 11.3 Å². The summed E-state index contributed by atoms with van der Waals surface area (Å²) in [6.45, 7) is 7.63. The third-order valence-electron chi connectivity index (χ3n) is 3.93. The van der Waals surface area contributed by atoms with Crippen molar-refractivity contribution >= 4 is 27.4 Å². The number of aromatic nitrogens is 2. The Morgan fingerprint density at radius 2 is 1.87 bits per heavy atom. The van der Waals surface area contributed by atoms with Gasteiger partial charge in [-0.15, -0.1) is 11.3 Å². The molecule has 120 valence electrons. The van der Waals surface area contributed by atoms with Gasteiger partial charge in [0.05, 0.1) is 12.0 Å². The smallest absolute Gasteiger partial charge is 0.141 e. The maximum Gasteiger partial charge on any atom is 0.141 e. The minimum absolute atomic E-state index is 0.113. The van der Waals surface area contributed by atoms with E-state index in [1.54, 1.807) is 11.3 Å². The molecular formula is C18H21N3OS. The van der Waals surface area contributed by atoms with Crippen LogP contribution in [0.1, 0.15) is 17.6 Å². The van der Waals surface area contributed by atoms with Crippen molar-refractivity contribution < 1.29 is 5.11 Å². The minimum Gasteiger partial charge on any atom is -0.395 e. The summed E-state index contributed by atoms with van der Waals surface area (Å²) in [5.74, 6) is 1.69.